The summed E-state index contributed by atoms with van der Waals surface area (Å²) < 4.78 is 5.87. The van der Waals surface area contributed by atoms with Gasteiger partial charge in [0.05, 0.1) is 11.5 Å². The minimum Gasteiger partial charge on any atom is -0.494 e. The molecule has 2 aromatic heterocycles. The highest BCUT2D eigenvalue weighted by Crippen LogP contribution is 2.32. The van der Waals surface area contributed by atoms with Crippen LogP contribution in [0.25, 0.3) is 22.5 Å². The van der Waals surface area contributed by atoms with Crippen LogP contribution in [0.2, 0.25) is 0 Å². The zero-order valence-corrected chi connectivity index (χ0v) is 26.4. The van der Waals surface area contributed by atoms with Crippen LogP contribution in [0, 0.1) is 5.92 Å². The number of aryl methyl sites for hydroxylation is 1. The zero-order valence-electron chi connectivity index (χ0n) is 25.6. The fourth-order valence-corrected chi connectivity index (χ4v) is 6.65. The maximum atomic E-state index is 12.9. The van der Waals surface area contributed by atoms with Gasteiger partial charge in [0.15, 0.2) is 5.82 Å². The highest BCUT2D eigenvalue weighted by molar-refractivity contribution is 7.14. The van der Waals surface area contributed by atoms with E-state index >= 15 is 0 Å². The average molecular weight is 612 g/mol. The molecule has 1 amide bonds. The number of amides is 1. The number of aromatic nitrogens is 2. The van der Waals surface area contributed by atoms with E-state index in [-0.39, 0.29) is 12.3 Å². The Kier molecular flexibility index (Phi) is 10.8. The summed E-state index contributed by atoms with van der Waals surface area (Å²) >= 11 is 1.49. The van der Waals surface area contributed by atoms with Crippen LogP contribution in [0.3, 0.4) is 0 Å². The maximum absolute atomic E-state index is 12.9. The molecule has 0 bridgehead atoms. The number of carboxylic acid groups (broad SMARTS) is 1. The second-order valence-corrected chi connectivity index (χ2v) is 12.9. The first-order chi connectivity index (χ1) is 21.4. The Morgan fingerprint density at radius 3 is 2.39 bits per heavy atom. The van der Waals surface area contributed by atoms with E-state index in [2.05, 4.69) is 29.1 Å². The van der Waals surface area contributed by atoms with Gasteiger partial charge in [-0.05, 0) is 66.5 Å². The van der Waals surface area contributed by atoms with Crippen LogP contribution in [-0.2, 0) is 24.1 Å². The minimum absolute atomic E-state index is 0.182. The number of hydrogen-bond donors (Lipinski definition) is 2. The molecular formula is C36H41N3O4S. The predicted octanol–water partition coefficient (Wildman–Crippen LogP) is 7.77. The van der Waals surface area contributed by atoms with Crippen LogP contribution < -0.4 is 10.1 Å². The lowest BCUT2D eigenvalue weighted by molar-refractivity contribution is -0.139. The lowest BCUT2D eigenvalue weighted by Gasteiger charge is -2.16. The number of nitrogens with one attached hydrogen (secondary N) is 1. The first-order valence-corrected chi connectivity index (χ1v) is 16.5. The third kappa shape index (κ3) is 8.32. The van der Waals surface area contributed by atoms with E-state index < -0.39 is 12.0 Å². The van der Waals surface area contributed by atoms with Crippen molar-refractivity contribution in [2.75, 3.05) is 6.61 Å². The van der Waals surface area contributed by atoms with Gasteiger partial charge in [0.25, 0.3) is 5.91 Å². The lowest BCUT2D eigenvalue weighted by atomic mass is 9.90. The first kappa shape index (κ1) is 31.4. The molecule has 0 saturated carbocycles. The number of benzene rings is 2. The first-order valence-electron chi connectivity index (χ1n) is 15.7. The van der Waals surface area contributed by atoms with Gasteiger partial charge in [0.2, 0.25) is 0 Å². The number of aliphatic carboxylic acids is 1. The molecule has 0 fully saturated rings. The number of carbonyl (C=O) groups is 2. The summed E-state index contributed by atoms with van der Waals surface area (Å²) in [4.78, 5) is 35.9. The number of carboxylic acids is 1. The Labute approximate surface area is 263 Å². The van der Waals surface area contributed by atoms with Crippen LogP contribution in [0.5, 0.6) is 5.75 Å². The lowest BCUT2D eigenvalue weighted by Crippen LogP contribution is -2.42. The molecule has 8 heteroatoms. The van der Waals surface area contributed by atoms with Crippen LogP contribution in [0.1, 0.15) is 78.0 Å². The summed E-state index contributed by atoms with van der Waals surface area (Å²) in [6, 6.07) is 16.4. The molecule has 1 aliphatic rings. The molecule has 2 N–H and O–H groups in total. The number of nitrogens with zero attached hydrogens (tertiary/aromatic N) is 2. The molecular weight excluding hydrogens is 570 g/mol. The molecule has 1 aliphatic carbocycles. The average Bonchev–Trinajstić information content (AvgIpc) is 3.47. The quantitative estimate of drug-likeness (QED) is 0.141. The number of fused-ring (bicyclic) bond motifs is 1. The summed E-state index contributed by atoms with van der Waals surface area (Å²) in [5, 5.41) is 12.6. The van der Waals surface area contributed by atoms with Crippen molar-refractivity contribution in [1.29, 1.82) is 0 Å². The van der Waals surface area contributed by atoms with Crippen molar-refractivity contribution >= 4 is 23.2 Å². The largest absolute Gasteiger partial charge is 0.494 e. The molecule has 2 aromatic carbocycles. The van der Waals surface area contributed by atoms with Crippen molar-refractivity contribution in [3.05, 3.63) is 87.9 Å². The topological polar surface area (TPSA) is 101 Å². The van der Waals surface area contributed by atoms with E-state index in [0.29, 0.717) is 16.6 Å². The van der Waals surface area contributed by atoms with Crippen molar-refractivity contribution in [1.82, 2.24) is 15.3 Å². The zero-order chi connectivity index (χ0) is 30.9. The van der Waals surface area contributed by atoms with Crippen molar-refractivity contribution in [2.45, 2.75) is 77.7 Å². The Bertz CT molecular complexity index is 1530. The molecule has 2 atom stereocenters. The monoisotopic (exact) mass is 611 g/mol. The number of carbonyl (C=O) groups excluding carboxylic acids is 1. The maximum Gasteiger partial charge on any atom is 0.326 e. The number of rotatable bonds is 14. The smallest absolute Gasteiger partial charge is 0.326 e. The van der Waals surface area contributed by atoms with Crippen molar-refractivity contribution in [2.24, 2.45) is 5.92 Å². The van der Waals surface area contributed by atoms with Gasteiger partial charge in [-0.2, -0.15) is 0 Å². The summed E-state index contributed by atoms with van der Waals surface area (Å²) in [6.45, 7) is 5.18. The number of ether oxygens (including phenoxy) is 1. The second kappa shape index (κ2) is 15.1. The van der Waals surface area contributed by atoms with Gasteiger partial charge in [0, 0.05) is 34.8 Å². The van der Waals surface area contributed by atoms with E-state index in [1.54, 1.807) is 12.4 Å². The highest BCUT2D eigenvalue weighted by atomic mass is 32.1. The number of hydrogen-bond acceptors (Lipinski definition) is 6. The van der Waals surface area contributed by atoms with Crippen LogP contribution in [-0.4, -0.2) is 39.6 Å². The molecule has 4 aromatic rings. The molecule has 7 nitrogen and oxygen atoms in total. The molecule has 0 spiro atoms. The van der Waals surface area contributed by atoms with Crippen molar-refractivity contribution in [3.8, 4) is 28.3 Å². The van der Waals surface area contributed by atoms with Gasteiger partial charge in [-0.15, -0.1) is 11.3 Å². The van der Waals surface area contributed by atoms with Gasteiger partial charge in [-0.25, -0.2) is 14.8 Å². The van der Waals surface area contributed by atoms with Crippen LogP contribution in [0.4, 0.5) is 0 Å². The van der Waals surface area contributed by atoms with Gasteiger partial charge >= 0.3 is 5.97 Å². The highest BCUT2D eigenvalue weighted by Gasteiger charge is 2.25. The van der Waals surface area contributed by atoms with Crippen LogP contribution >= 0.6 is 11.3 Å². The third-order valence-corrected chi connectivity index (χ3v) is 9.40. The molecule has 5 rings (SSSR count). The Morgan fingerprint density at radius 2 is 1.68 bits per heavy atom. The fourth-order valence-electron chi connectivity index (χ4n) is 5.54. The standard InChI is InChI=1S/C36H41N3O4S/c1-3-4-5-6-7-18-43-30-15-13-26(14-16-30)29-22-37-34(38-23-29)27-11-9-25(10-12-27)20-31(36(41)42)39-35(40)33-21-28-19-24(2)8-17-32(28)44-33/h9-16,21-24,31H,3-8,17-20H2,1-2H3,(H,39,40)(H,41,42)/t24?,31-/m0/s1. The Hall–Kier alpha value is -4.04. The van der Waals surface area contributed by atoms with Crippen molar-refractivity contribution < 1.29 is 19.4 Å². The molecule has 2 heterocycles. The molecule has 0 saturated heterocycles. The molecule has 0 aliphatic heterocycles. The van der Waals surface area contributed by atoms with Gasteiger partial charge in [0.1, 0.15) is 11.8 Å². The summed E-state index contributed by atoms with van der Waals surface area (Å²) in [6.07, 6.45) is 12.9. The Morgan fingerprint density at radius 1 is 0.977 bits per heavy atom. The van der Waals surface area contributed by atoms with E-state index in [9.17, 15) is 14.7 Å². The van der Waals surface area contributed by atoms with Gasteiger partial charge in [-0.1, -0.05) is 75.9 Å². The van der Waals surface area contributed by atoms with E-state index in [1.807, 2.05) is 54.6 Å². The van der Waals surface area contributed by atoms with Gasteiger partial charge in [-0.3, -0.25) is 4.79 Å². The van der Waals surface area contributed by atoms with Crippen LogP contribution in [0.15, 0.2) is 67.0 Å². The minimum atomic E-state index is -1.06. The van der Waals surface area contributed by atoms with E-state index in [0.717, 1.165) is 60.3 Å². The fraction of sp³-hybridized carbons (Fsp3) is 0.389. The van der Waals surface area contributed by atoms with Gasteiger partial charge < -0.3 is 15.2 Å². The van der Waals surface area contributed by atoms with E-state index in [4.69, 9.17) is 4.74 Å². The second-order valence-electron chi connectivity index (χ2n) is 11.8. The summed E-state index contributed by atoms with van der Waals surface area (Å²) in [5.74, 6) is 0.681. The number of thiophene rings is 1. The predicted molar refractivity (Wildman–Crippen MR) is 175 cm³/mol. The molecule has 1 unspecified atom stereocenters. The van der Waals surface area contributed by atoms with E-state index in [1.165, 1.54) is 47.5 Å². The molecule has 44 heavy (non-hydrogen) atoms. The normalized spacial score (nSPS) is 14.9. The summed E-state index contributed by atoms with van der Waals surface area (Å²) in [7, 11) is 0. The van der Waals surface area contributed by atoms with Crippen molar-refractivity contribution in [3.63, 3.8) is 0 Å². The third-order valence-electron chi connectivity index (χ3n) is 8.16. The number of unbranched alkanes of at least 4 members (excludes halogenated alkanes) is 4. The molecule has 230 valence electrons. The summed E-state index contributed by atoms with van der Waals surface area (Å²) in [5.41, 5.74) is 4.79. The molecule has 0 radical (unpaired) electrons. The Balaban J connectivity index is 1.15. The SMILES string of the molecule is CCCCCCCOc1ccc(-c2cnc(-c3ccc(C[C@H](NC(=O)c4cc5c(s4)CCC(C)C5)C(=O)O)cc3)nc2)cc1.